The fourth-order valence-electron chi connectivity index (χ4n) is 3.00. The standard InChI is InChI=1S/C24H27N5O5S/c1-34-20-12-14-21(15-13-20)35(32,33)29-22(24(31)28-26-19-10-6-3-7-11-19)16-17-23(30)27-25-18-8-4-2-5-9-18/h2-15,22,25-26,29H,16-17H2,1H3,(H,27,30)(H,28,31)/t22-/m0/s1. The van der Waals surface area contributed by atoms with Crippen LogP contribution >= 0.6 is 0 Å². The predicted octanol–water partition coefficient (Wildman–Crippen LogP) is 2.41. The Balaban J connectivity index is 1.66. The number of rotatable bonds is 12. The van der Waals surface area contributed by atoms with Crippen LogP contribution in [0.1, 0.15) is 12.8 Å². The summed E-state index contributed by atoms with van der Waals surface area (Å²) in [7, 11) is -2.59. The van der Waals surface area contributed by atoms with Crippen molar-refractivity contribution < 1.29 is 22.7 Å². The fraction of sp³-hybridized carbons (Fsp3) is 0.167. The molecule has 1 atom stereocenters. The van der Waals surface area contributed by atoms with Crippen LogP contribution in [0.15, 0.2) is 89.8 Å². The molecule has 11 heteroatoms. The lowest BCUT2D eigenvalue weighted by atomic mass is 10.1. The van der Waals surface area contributed by atoms with Crippen molar-refractivity contribution in [3.8, 4) is 5.75 Å². The molecule has 35 heavy (non-hydrogen) atoms. The van der Waals surface area contributed by atoms with Crippen LogP contribution in [0.25, 0.3) is 0 Å². The van der Waals surface area contributed by atoms with E-state index in [1.807, 2.05) is 24.3 Å². The quantitative estimate of drug-likeness (QED) is 0.242. The van der Waals surface area contributed by atoms with Crippen LogP contribution in [-0.2, 0) is 19.6 Å². The average Bonchev–Trinajstić information content (AvgIpc) is 2.89. The lowest BCUT2D eigenvalue weighted by Gasteiger charge is -2.19. The maximum absolute atomic E-state index is 12.9. The Morgan fingerprint density at radius 1 is 0.800 bits per heavy atom. The third-order valence-electron chi connectivity index (χ3n) is 4.87. The average molecular weight is 498 g/mol. The van der Waals surface area contributed by atoms with Gasteiger partial charge in [-0.05, 0) is 55.0 Å². The van der Waals surface area contributed by atoms with Gasteiger partial charge in [-0.15, -0.1) is 0 Å². The molecule has 5 N–H and O–H groups in total. The van der Waals surface area contributed by atoms with Crippen molar-refractivity contribution in [3.63, 3.8) is 0 Å². The van der Waals surface area contributed by atoms with Crippen molar-refractivity contribution in [3.05, 3.63) is 84.9 Å². The first-order valence-electron chi connectivity index (χ1n) is 10.7. The van der Waals surface area contributed by atoms with Gasteiger partial charge in [0.15, 0.2) is 0 Å². The van der Waals surface area contributed by atoms with Crippen LogP contribution in [0.3, 0.4) is 0 Å². The summed E-state index contributed by atoms with van der Waals surface area (Å²) in [6.07, 6.45) is -0.200. The monoisotopic (exact) mass is 497 g/mol. The Hall–Kier alpha value is -4.09. The summed E-state index contributed by atoms with van der Waals surface area (Å²) < 4.78 is 33.3. The summed E-state index contributed by atoms with van der Waals surface area (Å²) in [5.74, 6) is -0.561. The van der Waals surface area contributed by atoms with E-state index < -0.39 is 27.9 Å². The van der Waals surface area contributed by atoms with Gasteiger partial charge < -0.3 is 4.74 Å². The van der Waals surface area contributed by atoms with Gasteiger partial charge in [0.25, 0.3) is 5.91 Å². The van der Waals surface area contributed by atoms with E-state index in [9.17, 15) is 18.0 Å². The Morgan fingerprint density at radius 3 is 1.89 bits per heavy atom. The molecule has 0 bridgehead atoms. The molecule has 0 spiro atoms. The number of hydrogen-bond donors (Lipinski definition) is 5. The number of hydrogen-bond acceptors (Lipinski definition) is 7. The zero-order valence-electron chi connectivity index (χ0n) is 19.0. The SMILES string of the molecule is COc1ccc(S(=O)(=O)N[C@@H](CCC(=O)NNc2ccccc2)C(=O)NNc2ccccc2)cc1. The number of amides is 2. The largest absolute Gasteiger partial charge is 0.497 e. The molecule has 3 aromatic rings. The molecular formula is C24H27N5O5S. The molecule has 0 saturated carbocycles. The van der Waals surface area contributed by atoms with E-state index in [0.29, 0.717) is 17.1 Å². The topological polar surface area (TPSA) is 138 Å². The van der Waals surface area contributed by atoms with E-state index >= 15 is 0 Å². The Labute approximate surface area is 204 Å². The highest BCUT2D eigenvalue weighted by Gasteiger charge is 2.26. The first-order chi connectivity index (χ1) is 16.9. The maximum atomic E-state index is 12.9. The molecule has 0 heterocycles. The first-order valence-corrected chi connectivity index (χ1v) is 12.2. The molecule has 10 nitrogen and oxygen atoms in total. The highest BCUT2D eigenvalue weighted by molar-refractivity contribution is 7.89. The lowest BCUT2D eigenvalue weighted by Crippen LogP contribution is -2.48. The first kappa shape index (κ1) is 25.5. The van der Waals surface area contributed by atoms with Crippen molar-refractivity contribution in [2.45, 2.75) is 23.8 Å². The second-order valence-corrected chi connectivity index (χ2v) is 9.12. The number of carbonyl (C=O) groups excluding carboxylic acids is 2. The van der Waals surface area contributed by atoms with Gasteiger partial charge in [-0.1, -0.05) is 36.4 Å². The van der Waals surface area contributed by atoms with Crippen LogP contribution < -0.4 is 31.2 Å². The molecule has 2 amide bonds. The second kappa shape index (κ2) is 12.4. The van der Waals surface area contributed by atoms with Crippen molar-refractivity contribution in [1.29, 1.82) is 0 Å². The molecule has 0 unspecified atom stereocenters. The van der Waals surface area contributed by atoms with Crippen molar-refractivity contribution in [1.82, 2.24) is 15.6 Å². The molecule has 0 saturated heterocycles. The van der Waals surface area contributed by atoms with E-state index in [4.69, 9.17) is 4.74 Å². The molecule has 0 aromatic heterocycles. The van der Waals surface area contributed by atoms with Gasteiger partial charge in [0.1, 0.15) is 11.8 Å². The van der Waals surface area contributed by atoms with Crippen LogP contribution in [0.4, 0.5) is 11.4 Å². The highest BCUT2D eigenvalue weighted by Crippen LogP contribution is 2.16. The number of ether oxygens (including phenoxy) is 1. The fourth-order valence-corrected chi connectivity index (χ4v) is 4.23. The molecule has 0 fully saturated rings. The number of benzene rings is 3. The normalized spacial score (nSPS) is 11.7. The minimum absolute atomic E-state index is 0.0395. The van der Waals surface area contributed by atoms with E-state index in [1.54, 1.807) is 36.4 Å². The number of sulfonamides is 1. The summed E-state index contributed by atoms with van der Waals surface area (Å²) >= 11 is 0. The van der Waals surface area contributed by atoms with Crippen LogP contribution in [0.2, 0.25) is 0 Å². The third kappa shape index (κ3) is 8.02. The van der Waals surface area contributed by atoms with Gasteiger partial charge in [0.2, 0.25) is 15.9 Å². The summed E-state index contributed by atoms with van der Waals surface area (Å²) in [4.78, 5) is 25.1. The second-order valence-electron chi connectivity index (χ2n) is 7.41. The molecule has 0 aliphatic heterocycles. The smallest absolute Gasteiger partial charge is 0.256 e. The molecule has 184 valence electrons. The molecule has 0 aliphatic rings. The van der Waals surface area contributed by atoms with Gasteiger partial charge in [0, 0.05) is 6.42 Å². The molecular weight excluding hydrogens is 470 g/mol. The summed E-state index contributed by atoms with van der Waals surface area (Å²) in [6.45, 7) is 0. The van der Waals surface area contributed by atoms with Gasteiger partial charge in [-0.3, -0.25) is 31.3 Å². The Morgan fingerprint density at radius 2 is 1.34 bits per heavy atom. The number of para-hydroxylation sites is 2. The van der Waals surface area contributed by atoms with Gasteiger partial charge in [-0.2, -0.15) is 4.72 Å². The van der Waals surface area contributed by atoms with Gasteiger partial charge in [0.05, 0.1) is 23.4 Å². The maximum Gasteiger partial charge on any atom is 0.256 e. The summed E-state index contributed by atoms with van der Waals surface area (Å²) in [5, 5.41) is 0. The van der Waals surface area contributed by atoms with Crippen molar-refractivity contribution in [2.75, 3.05) is 18.0 Å². The summed E-state index contributed by atoms with van der Waals surface area (Å²) in [6, 6.07) is 22.4. The summed E-state index contributed by atoms with van der Waals surface area (Å²) in [5.41, 5.74) is 11.8. The van der Waals surface area contributed by atoms with E-state index in [0.717, 1.165) is 0 Å². The number of nitrogens with one attached hydrogen (secondary N) is 5. The van der Waals surface area contributed by atoms with Gasteiger partial charge in [-0.25, -0.2) is 8.42 Å². The molecule has 3 aromatic carbocycles. The molecule has 0 aliphatic carbocycles. The molecule has 0 radical (unpaired) electrons. The minimum atomic E-state index is -4.06. The van der Waals surface area contributed by atoms with Gasteiger partial charge >= 0.3 is 0 Å². The van der Waals surface area contributed by atoms with Crippen LogP contribution in [-0.4, -0.2) is 33.4 Å². The van der Waals surface area contributed by atoms with Crippen LogP contribution in [0, 0.1) is 0 Å². The molecule has 3 rings (SSSR count). The number of carbonyl (C=O) groups is 2. The zero-order chi connectivity index (χ0) is 25.1. The van der Waals surface area contributed by atoms with Crippen molar-refractivity contribution >= 4 is 33.2 Å². The van der Waals surface area contributed by atoms with Crippen LogP contribution in [0.5, 0.6) is 5.75 Å². The number of hydrazine groups is 2. The Kier molecular flexibility index (Phi) is 9.04. The van der Waals surface area contributed by atoms with E-state index in [2.05, 4.69) is 26.4 Å². The predicted molar refractivity (Wildman–Crippen MR) is 133 cm³/mol. The minimum Gasteiger partial charge on any atom is -0.497 e. The Bertz CT molecular complexity index is 1210. The van der Waals surface area contributed by atoms with E-state index in [1.165, 1.54) is 31.4 Å². The zero-order valence-corrected chi connectivity index (χ0v) is 19.8. The third-order valence-corrected chi connectivity index (χ3v) is 6.36. The lowest BCUT2D eigenvalue weighted by molar-refractivity contribution is -0.123. The van der Waals surface area contributed by atoms with E-state index in [-0.39, 0.29) is 17.7 Å². The highest BCUT2D eigenvalue weighted by atomic mass is 32.2. The van der Waals surface area contributed by atoms with Crippen molar-refractivity contribution in [2.24, 2.45) is 0 Å². The number of anilines is 2. The number of methoxy groups -OCH3 is 1.